The lowest BCUT2D eigenvalue weighted by molar-refractivity contribution is 0.0535. The molecule has 0 N–H and O–H groups in total. The van der Waals surface area contributed by atoms with Crippen LogP contribution in [0.3, 0.4) is 0 Å². The molecule has 8 heteroatoms. The number of carbonyl (C=O) groups excluding carboxylic acids is 2. The van der Waals surface area contributed by atoms with Gasteiger partial charge in [-0.1, -0.05) is 31.0 Å². The quantitative estimate of drug-likeness (QED) is 0.710. The molecule has 170 valence electrons. The molecule has 4 rings (SSSR count). The largest absolute Gasteiger partial charge is 0.335 e. The Hall–Kier alpha value is -2.71. The molecule has 0 radical (unpaired) electrons. The number of hydrogen-bond acceptors (Lipinski definition) is 4. The van der Waals surface area contributed by atoms with Crippen LogP contribution in [-0.2, 0) is 10.0 Å². The Morgan fingerprint density at radius 2 is 1.06 bits per heavy atom. The summed E-state index contributed by atoms with van der Waals surface area (Å²) in [5.74, 6) is -0.170. The van der Waals surface area contributed by atoms with E-state index in [0.29, 0.717) is 50.4 Å². The van der Waals surface area contributed by atoms with Gasteiger partial charge in [0.05, 0.1) is 4.90 Å². The smallest absolute Gasteiger partial charge is 0.253 e. The molecule has 32 heavy (non-hydrogen) atoms. The van der Waals surface area contributed by atoms with Gasteiger partial charge in [0.1, 0.15) is 0 Å². The van der Waals surface area contributed by atoms with E-state index in [9.17, 15) is 18.0 Å². The molecule has 0 bridgehead atoms. The SMILES string of the molecule is O=C(c1ccccc1)N1CCN(C(=O)c2ccc(S(=O)(=O)N3CCCCCC3)cc2)CC1. The van der Waals surface area contributed by atoms with Crippen LogP contribution in [0.5, 0.6) is 0 Å². The fourth-order valence-electron chi connectivity index (χ4n) is 4.26. The van der Waals surface area contributed by atoms with Gasteiger partial charge in [-0.2, -0.15) is 4.31 Å². The van der Waals surface area contributed by atoms with E-state index in [1.165, 1.54) is 12.1 Å². The molecule has 2 heterocycles. The summed E-state index contributed by atoms with van der Waals surface area (Å²) in [5, 5.41) is 0. The van der Waals surface area contributed by atoms with Gasteiger partial charge in [0.2, 0.25) is 10.0 Å². The fraction of sp³-hybridized carbons (Fsp3) is 0.417. The van der Waals surface area contributed by atoms with Crippen LogP contribution < -0.4 is 0 Å². The molecule has 2 amide bonds. The maximum absolute atomic E-state index is 12.9. The first-order valence-electron chi connectivity index (χ1n) is 11.2. The highest BCUT2D eigenvalue weighted by Gasteiger charge is 2.27. The number of piperazine rings is 1. The molecular weight excluding hydrogens is 426 g/mol. The van der Waals surface area contributed by atoms with Crippen molar-refractivity contribution in [3.8, 4) is 0 Å². The summed E-state index contributed by atoms with van der Waals surface area (Å²) in [6.45, 7) is 2.95. The predicted molar refractivity (Wildman–Crippen MR) is 122 cm³/mol. The Bertz CT molecular complexity index is 1040. The van der Waals surface area contributed by atoms with Crippen LogP contribution >= 0.6 is 0 Å². The summed E-state index contributed by atoms with van der Waals surface area (Å²) in [7, 11) is -3.53. The van der Waals surface area contributed by atoms with Crippen molar-refractivity contribution in [3.63, 3.8) is 0 Å². The monoisotopic (exact) mass is 455 g/mol. The maximum Gasteiger partial charge on any atom is 0.253 e. The normalized spacial score (nSPS) is 18.2. The van der Waals surface area contributed by atoms with Crippen LogP contribution in [0.15, 0.2) is 59.5 Å². The minimum absolute atomic E-state index is 0.0271. The first-order valence-corrected chi connectivity index (χ1v) is 12.6. The van der Waals surface area contributed by atoms with Gasteiger partial charge in [-0.25, -0.2) is 8.42 Å². The molecular formula is C24H29N3O4S. The molecule has 0 aliphatic carbocycles. The fourth-order valence-corrected chi connectivity index (χ4v) is 5.78. The van der Waals surface area contributed by atoms with Crippen molar-refractivity contribution in [3.05, 3.63) is 65.7 Å². The van der Waals surface area contributed by atoms with Gasteiger partial charge in [0, 0.05) is 50.4 Å². The summed E-state index contributed by atoms with van der Waals surface area (Å²) in [4.78, 5) is 29.2. The number of amides is 2. The molecule has 0 saturated carbocycles. The first-order chi connectivity index (χ1) is 15.5. The zero-order chi connectivity index (χ0) is 22.6. The number of hydrogen-bond donors (Lipinski definition) is 0. The Labute approximate surface area is 189 Å². The molecule has 0 atom stereocenters. The van der Waals surface area contributed by atoms with Gasteiger partial charge >= 0.3 is 0 Å². The second-order valence-electron chi connectivity index (χ2n) is 8.29. The third-order valence-electron chi connectivity index (χ3n) is 6.18. The second-order valence-corrected chi connectivity index (χ2v) is 10.2. The summed E-state index contributed by atoms with van der Waals surface area (Å²) >= 11 is 0. The van der Waals surface area contributed by atoms with E-state index in [1.807, 2.05) is 18.2 Å². The Morgan fingerprint density at radius 1 is 0.594 bits per heavy atom. The lowest BCUT2D eigenvalue weighted by Crippen LogP contribution is -2.50. The molecule has 2 saturated heterocycles. The van der Waals surface area contributed by atoms with Crippen LogP contribution in [-0.4, -0.2) is 73.6 Å². The molecule has 2 aliphatic heterocycles. The van der Waals surface area contributed by atoms with Crippen molar-refractivity contribution in [1.29, 1.82) is 0 Å². The first kappa shape index (κ1) is 22.5. The second kappa shape index (κ2) is 9.83. The van der Waals surface area contributed by atoms with Gasteiger partial charge < -0.3 is 9.80 Å². The van der Waals surface area contributed by atoms with E-state index in [2.05, 4.69) is 0 Å². The summed E-state index contributed by atoms with van der Waals surface area (Å²) in [5.41, 5.74) is 1.11. The third kappa shape index (κ3) is 4.86. The standard InChI is InChI=1S/C24H29N3O4S/c28-23(20-8-4-3-5-9-20)25-16-18-26(19-17-25)24(29)21-10-12-22(13-11-21)32(30,31)27-14-6-1-2-7-15-27/h3-5,8-13H,1-2,6-7,14-19H2. The van der Waals surface area contributed by atoms with Crippen molar-refractivity contribution < 1.29 is 18.0 Å². The number of carbonyl (C=O) groups is 2. The molecule has 7 nitrogen and oxygen atoms in total. The minimum Gasteiger partial charge on any atom is -0.335 e. The van der Waals surface area contributed by atoms with Gasteiger partial charge in [-0.05, 0) is 49.2 Å². The Balaban J connectivity index is 1.37. The number of rotatable bonds is 4. The van der Waals surface area contributed by atoms with E-state index in [-0.39, 0.29) is 16.7 Å². The molecule has 2 aliphatic rings. The van der Waals surface area contributed by atoms with Gasteiger partial charge in [0.25, 0.3) is 11.8 Å². The van der Waals surface area contributed by atoms with Crippen molar-refractivity contribution in [2.24, 2.45) is 0 Å². The maximum atomic E-state index is 12.9. The average Bonchev–Trinajstić information content (AvgIpc) is 3.14. The van der Waals surface area contributed by atoms with Crippen LogP contribution in [0.2, 0.25) is 0 Å². The highest BCUT2D eigenvalue weighted by Crippen LogP contribution is 2.21. The van der Waals surface area contributed by atoms with Gasteiger partial charge in [-0.15, -0.1) is 0 Å². The highest BCUT2D eigenvalue weighted by atomic mass is 32.2. The lowest BCUT2D eigenvalue weighted by Gasteiger charge is -2.35. The molecule has 0 unspecified atom stereocenters. The van der Waals surface area contributed by atoms with Crippen LogP contribution in [0, 0.1) is 0 Å². The number of benzene rings is 2. The number of nitrogens with zero attached hydrogens (tertiary/aromatic N) is 3. The minimum atomic E-state index is -3.53. The van der Waals surface area contributed by atoms with Crippen LogP contribution in [0.1, 0.15) is 46.4 Å². The van der Waals surface area contributed by atoms with Crippen molar-refractivity contribution >= 4 is 21.8 Å². The van der Waals surface area contributed by atoms with Crippen molar-refractivity contribution in [2.75, 3.05) is 39.3 Å². The zero-order valence-electron chi connectivity index (χ0n) is 18.2. The topological polar surface area (TPSA) is 78.0 Å². The van der Waals surface area contributed by atoms with Crippen molar-refractivity contribution in [1.82, 2.24) is 14.1 Å². The van der Waals surface area contributed by atoms with E-state index in [4.69, 9.17) is 0 Å². The average molecular weight is 456 g/mol. The number of sulfonamides is 1. The van der Waals surface area contributed by atoms with Crippen LogP contribution in [0.4, 0.5) is 0 Å². The van der Waals surface area contributed by atoms with Gasteiger partial charge in [0.15, 0.2) is 0 Å². The Morgan fingerprint density at radius 3 is 1.56 bits per heavy atom. The molecule has 2 aromatic rings. The molecule has 0 spiro atoms. The summed E-state index contributed by atoms with van der Waals surface area (Å²) < 4.78 is 27.4. The zero-order valence-corrected chi connectivity index (χ0v) is 19.0. The highest BCUT2D eigenvalue weighted by molar-refractivity contribution is 7.89. The van der Waals surface area contributed by atoms with Crippen molar-refractivity contribution in [2.45, 2.75) is 30.6 Å². The molecule has 2 fully saturated rings. The van der Waals surface area contributed by atoms with Gasteiger partial charge in [-0.3, -0.25) is 9.59 Å². The van der Waals surface area contributed by atoms with E-state index in [1.54, 1.807) is 38.4 Å². The van der Waals surface area contributed by atoms with E-state index >= 15 is 0 Å². The Kier molecular flexibility index (Phi) is 6.91. The molecule has 0 aromatic heterocycles. The summed E-state index contributed by atoms with van der Waals surface area (Å²) in [6, 6.07) is 15.4. The van der Waals surface area contributed by atoms with Crippen LogP contribution in [0.25, 0.3) is 0 Å². The van der Waals surface area contributed by atoms with E-state index in [0.717, 1.165) is 25.7 Å². The molecule has 2 aromatic carbocycles. The lowest BCUT2D eigenvalue weighted by atomic mass is 10.1. The van der Waals surface area contributed by atoms with E-state index < -0.39 is 10.0 Å². The third-order valence-corrected chi connectivity index (χ3v) is 8.09. The summed E-state index contributed by atoms with van der Waals surface area (Å²) in [6.07, 6.45) is 3.89. The predicted octanol–water partition coefficient (Wildman–Crippen LogP) is 2.85.